The van der Waals surface area contributed by atoms with Gasteiger partial charge in [-0.25, -0.2) is 17.8 Å². The van der Waals surface area contributed by atoms with E-state index in [1.165, 1.54) is 42.7 Å². The number of hydrogen-bond donors (Lipinski definition) is 2. The molecule has 1 saturated carbocycles. The van der Waals surface area contributed by atoms with Crippen molar-refractivity contribution < 1.29 is 12.8 Å². The minimum Gasteiger partial charge on any atom is -0.359 e. The second-order valence-corrected chi connectivity index (χ2v) is 11.2. The van der Waals surface area contributed by atoms with Gasteiger partial charge < -0.3 is 5.32 Å². The summed E-state index contributed by atoms with van der Waals surface area (Å²) < 4.78 is 42.3. The Labute approximate surface area is 197 Å². The predicted molar refractivity (Wildman–Crippen MR) is 130 cm³/mol. The molecule has 0 atom stereocenters. The molecule has 0 amide bonds. The van der Waals surface area contributed by atoms with Crippen molar-refractivity contribution in [1.82, 2.24) is 4.98 Å². The first-order chi connectivity index (χ1) is 15.2. The molecule has 2 aromatic carbocycles. The van der Waals surface area contributed by atoms with Crippen LogP contribution in [0.5, 0.6) is 0 Å². The molecule has 4 rings (SSSR count). The zero-order chi connectivity index (χ0) is 22.9. The maximum Gasteiger partial charge on any atom is 0.262 e. The Hall–Kier alpha value is -2.16. The fourth-order valence-electron chi connectivity index (χ4n) is 3.95. The lowest BCUT2D eigenvalue weighted by molar-refractivity contribution is 0.462. The summed E-state index contributed by atoms with van der Waals surface area (Å²) in [6.45, 7) is 3.66. The van der Waals surface area contributed by atoms with Crippen LogP contribution in [-0.2, 0) is 10.0 Å². The number of aromatic nitrogens is 1. The van der Waals surface area contributed by atoms with Crippen LogP contribution in [-0.4, -0.2) is 19.4 Å². The average Bonchev–Trinajstić information content (AvgIpc) is 3.11. The summed E-state index contributed by atoms with van der Waals surface area (Å²) >= 11 is 7.24. The maximum absolute atomic E-state index is 13.8. The van der Waals surface area contributed by atoms with Crippen LogP contribution in [0.2, 0.25) is 5.02 Å². The number of anilines is 2. The van der Waals surface area contributed by atoms with Crippen LogP contribution in [0.25, 0.3) is 10.4 Å². The first-order valence-corrected chi connectivity index (χ1v) is 13.2. The van der Waals surface area contributed by atoms with E-state index in [1.807, 2.05) is 13.0 Å². The van der Waals surface area contributed by atoms with E-state index in [1.54, 1.807) is 19.1 Å². The van der Waals surface area contributed by atoms with E-state index in [2.05, 4.69) is 15.0 Å². The third-order valence-electron chi connectivity index (χ3n) is 5.64. The number of halogens is 2. The molecule has 1 heterocycles. The summed E-state index contributed by atoms with van der Waals surface area (Å²) in [6.07, 6.45) is 6.06. The zero-order valence-electron chi connectivity index (χ0n) is 17.9. The van der Waals surface area contributed by atoms with Crippen molar-refractivity contribution in [2.75, 3.05) is 10.0 Å². The van der Waals surface area contributed by atoms with Gasteiger partial charge in [0.25, 0.3) is 10.0 Å². The Kier molecular flexibility index (Phi) is 6.74. The molecule has 5 nitrogen and oxygen atoms in total. The topological polar surface area (TPSA) is 71.1 Å². The van der Waals surface area contributed by atoms with Crippen molar-refractivity contribution in [2.45, 2.75) is 56.9 Å². The maximum atomic E-state index is 13.8. The highest BCUT2D eigenvalue weighted by atomic mass is 35.5. The third-order valence-corrected chi connectivity index (χ3v) is 8.61. The summed E-state index contributed by atoms with van der Waals surface area (Å²) in [4.78, 5) is 5.74. The Morgan fingerprint density at radius 1 is 1.09 bits per heavy atom. The molecule has 1 aromatic heterocycles. The predicted octanol–water partition coefficient (Wildman–Crippen LogP) is 6.76. The minimum absolute atomic E-state index is 0.0653. The van der Waals surface area contributed by atoms with Gasteiger partial charge in [-0.15, -0.1) is 0 Å². The molecular weight excluding hydrogens is 469 g/mol. The number of hydrogen-bond acceptors (Lipinski definition) is 5. The van der Waals surface area contributed by atoms with Crippen LogP contribution < -0.4 is 10.0 Å². The largest absolute Gasteiger partial charge is 0.359 e. The Balaban J connectivity index is 1.61. The Morgan fingerprint density at radius 2 is 1.84 bits per heavy atom. The quantitative estimate of drug-likeness (QED) is 0.397. The molecule has 3 aromatic rings. The second-order valence-electron chi connectivity index (χ2n) is 8.13. The molecule has 0 aliphatic heterocycles. The normalized spacial score (nSPS) is 15.0. The molecule has 0 saturated heterocycles. The van der Waals surface area contributed by atoms with E-state index in [-0.39, 0.29) is 15.6 Å². The summed E-state index contributed by atoms with van der Waals surface area (Å²) in [7, 11) is -3.92. The third kappa shape index (κ3) is 5.08. The molecule has 170 valence electrons. The average molecular weight is 494 g/mol. The van der Waals surface area contributed by atoms with E-state index in [9.17, 15) is 12.8 Å². The molecule has 2 N–H and O–H groups in total. The molecule has 0 bridgehead atoms. The molecule has 1 aliphatic carbocycles. The molecular formula is C23H25ClFN3O2S2. The highest BCUT2D eigenvalue weighted by Crippen LogP contribution is 2.36. The number of aryl methyl sites for hydroxylation is 2. The highest BCUT2D eigenvalue weighted by Gasteiger charge is 2.21. The highest BCUT2D eigenvalue weighted by molar-refractivity contribution is 7.92. The lowest BCUT2D eigenvalue weighted by atomic mass is 9.96. The zero-order valence-corrected chi connectivity index (χ0v) is 20.3. The van der Waals surface area contributed by atoms with Gasteiger partial charge >= 0.3 is 0 Å². The Morgan fingerprint density at radius 3 is 2.56 bits per heavy atom. The van der Waals surface area contributed by atoms with Gasteiger partial charge in [-0.3, -0.25) is 4.72 Å². The van der Waals surface area contributed by atoms with E-state index in [0.717, 1.165) is 40.2 Å². The van der Waals surface area contributed by atoms with Gasteiger partial charge in [0.15, 0.2) is 5.13 Å². The van der Waals surface area contributed by atoms with Gasteiger partial charge in [-0.2, -0.15) is 0 Å². The van der Waals surface area contributed by atoms with E-state index in [4.69, 9.17) is 11.6 Å². The van der Waals surface area contributed by atoms with Crippen molar-refractivity contribution in [1.29, 1.82) is 0 Å². The fourth-order valence-corrected chi connectivity index (χ4v) is 6.43. The van der Waals surface area contributed by atoms with Crippen LogP contribution in [0.1, 0.15) is 43.4 Å². The van der Waals surface area contributed by atoms with Crippen molar-refractivity contribution in [2.24, 2.45) is 0 Å². The number of thiazole rings is 1. The van der Waals surface area contributed by atoms with E-state index >= 15 is 0 Å². The van der Waals surface area contributed by atoms with Crippen molar-refractivity contribution >= 4 is 43.8 Å². The first-order valence-electron chi connectivity index (χ1n) is 10.6. The molecule has 0 radical (unpaired) electrons. The SMILES string of the molecule is Cc1ccc(-c2sc(NC3CCCCC3)nc2C)cc1S(=O)(=O)Nc1ccc(Cl)c(F)c1. The van der Waals surface area contributed by atoms with Gasteiger partial charge in [0.1, 0.15) is 5.82 Å². The van der Waals surface area contributed by atoms with Crippen LogP contribution in [0.4, 0.5) is 15.2 Å². The molecule has 32 heavy (non-hydrogen) atoms. The molecule has 1 aliphatic rings. The molecule has 9 heteroatoms. The lowest BCUT2D eigenvalue weighted by Gasteiger charge is -2.22. The molecule has 0 unspecified atom stereocenters. The van der Waals surface area contributed by atoms with Gasteiger partial charge in [-0.05, 0) is 62.1 Å². The summed E-state index contributed by atoms with van der Waals surface area (Å²) in [5.41, 5.74) is 2.35. The number of rotatable bonds is 6. The second kappa shape index (κ2) is 9.37. The van der Waals surface area contributed by atoms with E-state index < -0.39 is 15.8 Å². The van der Waals surface area contributed by atoms with Crippen LogP contribution in [0.3, 0.4) is 0 Å². The van der Waals surface area contributed by atoms with Gasteiger partial charge in [-0.1, -0.05) is 54.3 Å². The lowest BCUT2D eigenvalue weighted by Crippen LogP contribution is -2.21. The summed E-state index contributed by atoms with van der Waals surface area (Å²) in [5.74, 6) is -0.685. The number of sulfonamides is 1. The summed E-state index contributed by atoms with van der Waals surface area (Å²) in [6, 6.07) is 9.59. The Bertz CT molecular complexity index is 1240. The number of benzene rings is 2. The van der Waals surface area contributed by atoms with E-state index in [0.29, 0.717) is 11.6 Å². The van der Waals surface area contributed by atoms with Crippen molar-refractivity contribution in [3.8, 4) is 10.4 Å². The smallest absolute Gasteiger partial charge is 0.262 e. The van der Waals surface area contributed by atoms with Crippen LogP contribution in [0, 0.1) is 19.7 Å². The first kappa shape index (κ1) is 23.0. The minimum atomic E-state index is -3.92. The van der Waals surface area contributed by atoms with Crippen LogP contribution >= 0.6 is 22.9 Å². The van der Waals surface area contributed by atoms with Gasteiger partial charge in [0.2, 0.25) is 0 Å². The van der Waals surface area contributed by atoms with Crippen molar-refractivity contribution in [3.05, 3.63) is 58.5 Å². The van der Waals surface area contributed by atoms with Crippen molar-refractivity contribution in [3.63, 3.8) is 0 Å². The molecule has 0 spiro atoms. The standard InChI is InChI=1S/C23H25ClFN3O2S2/c1-14-8-9-16(22-15(2)26-23(31-22)27-17-6-4-3-5-7-17)12-21(14)32(29,30)28-18-10-11-19(24)20(25)13-18/h8-13,17,28H,3-7H2,1-2H3,(H,26,27). The fraction of sp³-hybridized carbons (Fsp3) is 0.348. The van der Waals surface area contributed by atoms with Gasteiger partial charge in [0.05, 0.1) is 26.2 Å². The van der Waals surface area contributed by atoms with Crippen LogP contribution in [0.15, 0.2) is 41.3 Å². The monoisotopic (exact) mass is 493 g/mol. The number of nitrogens with zero attached hydrogens (tertiary/aromatic N) is 1. The summed E-state index contributed by atoms with van der Waals surface area (Å²) in [5, 5.41) is 4.34. The van der Waals surface area contributed by atoms with Gasteiger partial charge in [0, 0.05) is 6.04 Å². The molecule has 1 fully saturated rings. The number of nitrogens with one attached hydrogen (secondary N) is 2.